The number of amides is 1. The predicted molar refractivity (Wildman–Crippen MR) is 69.1 cm³/mol. The van der Waals surface area contributed by atoms with Gasteiger partial charge in [0.2, 0.25) is 12.7 Å². The molecule has 2 rings (SSSR count). The normalized spacial score (nSPS) is 14.4. The van der Waals surface area contributed by atoms with Gasteiger partial charge in [-0.3, -0.25) is 4.79 Å². The summed E-state index contributed by atoms with van der Waals surface area (Å²) in [5.74, 6) is 0.896. The van der Waals surface area contributed by atoms with Gasteiger partial charge in [0.1, 0.15) is 0 Å². The summed E-state index contributed by atoms with van der Waals surface area (Å²) in [6, 6.07) is 2.73. The average molecular weight is 271 g/mol. The minimum absolute atomic E-state index is 0.165. The van der Waals surface area contributed by atoms with Gasteiger partial charge in [0.05, 0.1) is 16.8 Å². The molecular formula is C12H15ClN2O3. The molecule has 1 aromatic carbocycles. The van der Waals surface area contributed by atoms with E-state index in [2.05, 4.69) is 5.32 Å². The molecule has 1 atom stereocenters. The molecule has 0 saturated heterocycles. The Morgan fingerprint density at radius 2 is 2.17 bits per heavy atom. The zero-order valence-electron chi connectivity index (χ0n) is 10.0. The van der Waals surface area contributed by atoms with E-state index in [1.807, 2.05) is 6.92 Å². The van der Waals surface area contributed by atoms with Gasteiger partial charge in [-0.1, -0.05) is 24.9 Å². The highest BCUT2D eigenvalue weighted by Crippen LogP contribution is 2.39. The Morgan fingerprint density at radius 3 is 2.83 bits per heavy atom. The van der Waals surface area contributed by atoms with Crippen LogP contribution in [0.25, 0.3) is 0 Å². The molecule has 1 aliphatic rings. The molecule has 1 aliphatic heterocycles. The van der Waals surface area contributed by atoms with Gasteiger partial charge >= 0.3 is 0 Å². The molecule has 0 aromatic heterocycles. The summed E-state index contributed by atoms with van der Waals surface area (Å²) >= 11 is 6.04. The Hall–Kier alpha value is -1.46. The molecule has 0 aliphatic carbocycles. The van der Waals surface area contributed by atoms with Crippen LogP contribution < -0.4 is 20.5 Å². The van der Waals surface area contributed by atoms with Crippen LogP contribution in [0, 0.1) is 0 Å². The predicted octanol–water partition coefficient (Wildman–Crippen LogP) is 2.13. The zero-order chi connectivity index (χ0) is 13.1. The number of hydrogen-bond acceptors (Lipinski definition) is 4. The van der Waals surface area contributed by atoms with Crippen LogP contribution in [0.5, 0.6) is 11.5 Å². The van der Waals surface area contributed by atoms with Crippen molar-refractivity contribution in [2.45, 2.75) is 25.8 Å². The first-order valence-electron chi connectivity index (χ1n) is 5.77. The van der Waals surface area contributed by atoms with Gasteiger partial charge < -0.3 is 20.5 Å². The summed E-state index contributed by atoms with van der Waals surface area (Å²) < 4.78 is 10.4. The second-order valence-electron chi connectivity index (χ2n) is 4.07. The second-order valence-corrected chi connectivity index (χ2v) is 4.48. The van der Waals surface area contributed by atoms with Crippen molar-refractivity contribution in [3.63, 3.8) is 0 Å². The van der Waals surface area contributed by atoms with Crippen LogP contribution in [0.1, 0.15) is 19.8 Å². The third kappa shape index (κ3) is 2.68. The number of rotatable bonds is 4. The number of fused-ring (bicyclic) bond motifs is 1. The largest absolute Gasteiger partial charge is 0.454 e. The molecule has 0 saturated carbocycles. The van der Waals surface area contributed by atoms with E-state index in [0.29, 0.717) is 28.6 Å². The van der Waals surface area contributed by atoms with Crippen molar-refractivity contribution in [2.24, 2.45) is 5.73 Å². The number of hydrogen-bond donors (Lipinski definition) is 2. The summed E-state index contributed by atoms with van der Waals surface area (Å²) in [5.41, 5.74) is 6.21. The topological polar surface area (TPSA) is 73.6 Å². The van der Waals surface area contributed by atoms with Crippen molar-refractivity contribution >= 4 is 23.2 Å². The Bertz CT molecular complexity index is 465. The minimum Gasteiger partial charge on any atom is -0.454 e. The van der Waals surface area contributed by atoms with Gasteiger partial charge in [0.15, 0.2) is 11.5 Å². The van der Waals surface area contributed by atoms with E-state index in [0.717, 1.165) is 6.42 Å². The molecule has 1 heterocycles. The quantitative estimate of drug-likeness (QED) is 0.879. The molecule has 1 unspecified atom stereocenters. The monoisotopic (exact) mass is 270 g/mol. The van der Waals surface area contributed by atoms with Crippen molar-refractivity contribution in [1.82, 2.24) is 0 Å². The number of carbonyl (C=O) groups is 1. The maximum Gasteiger partial charge on any atom is 0.241 e. The van der Waals surface area contributed by atoms with E-state index in [4.69, 9.17) is 26.8 Å². The van der Waals surface area contributed by atoms with E-state index >= 15 is 0 Å². The fraction of sp³-hybridized carbons (Fsp3) is 0.417. The Kier molecular flexibility index (Phi) is 3.93. The van der Waals surface area contributed by atoms with Crippen LogP contribution in [0.3, 0.4) is 0 Å². The first-order valence-corrected chi connectivity index (χ1v) is 6.15. The third-order valence-corrected chi connectivity index (χ3v) is 2.97. The fourth-order valence-electron chi connectivity index (χ4n) is 1.68. The van der Waals surface area contributed by atoms with Crippen LogP contribution in [0.2, 0.25) is 5.02 Å². The number of anilines is 1. The Morgan fingerprint density at radius 1 is 1.50 bits per heavy atom. The summed E-state index contributed by atoms with van der Waals surface area (Å²) in [4.78, 5) is 11.8. The molecule has 0 radical (unpaired) electrons. The SMILES string of the molecule is CCCC(N)C(=O)Nc1cc2c(cc1Cl)OCO2. The van der Waals surface area contributed by atoms with Gasteiger partial charge in [0.25, 0.3) is 0 Å². The summed E-state index contributed by atoms with van der Waals surface area (Å²) in [6.07, 6.45) is 1.48. The highest BCUT2D eigenvalue weighted by molar-refractivity contribution is 6.34. The molecule has 6 heteroatoms. The summed E-state index contributed by atoms with van der Waals surface area (Å²) in [5, 5.41) is 3.09. The first-order chi connectivity index (χ1) is 8.61. The van der Waals surface area contributed by atoms with Crippen LogP contribution >= 0.6 is 11.6 Å². The van der Waals surface area contributed by atoms with Crippen LogP contribution in [0.15, 0.2) is 12.1 Å². The summed E-state index contributed by atoms with van der Waals surface area (Å²) in [6.45, 7) is 2.14. The second kappa shape index (κ2) is 5.46. The maximum absolute atomic E-state index is 11.8. The standard InChI is InChI=1S/C12H15ClN2O3/c1-2-3-8(14)12(16)15-9-5-11-10(4-7(9)13)17-6-18-11/h4-5,8H,2-3,6,14H2,1H3,(H,15,16). The molecule has 1 amide bonds. The summed E-state index contributed by atoms with van der Waals surface area (Å²) in [7, 11) is 0. The zero-order valence-corrected chi connectivity index (χ0v) is 10.8. The number of nitrogens with two attached hydrogens (primary N) is 1. The molecule has 5 nitrogen and oxygen atoms in total. The molecule has 3 N–H and O–H groups in total. The van der Waals surface area contributed by atoms with Gasteiger partial charge in [-0.05, 0) is 6.42 Å². The number of carbonyl (C=O) groups excluding carboxylic acids is 1. The van der Waals surface area contributed by atoms with Gasteiger partial charge in [-0.15, -0.1) is 0 Å². The van der Waals surface area contributed by atoms with E-state index in [1.54, 1.807) is 12.1 Å². The third-order valence-electron chi connectivity index (χ3n) is 2.66. The highest BCUT2D eigenvalue weighted by Gasteiger charge is 2.19. The van der Waals surface area contributed by atoms with Gasteiger partial charge in [-0.2, -0.15) is 0 Å². The Balaban J connectivity index is 2.12. The lowest BCUT2D eigenvalue weighted by atomic mass is 10.1. The van der Waals surface area contributed by atoms with E-state index in [-0.39, 0.29) is 12.7 Å². The van der Waals surface area contributed by atoms with Gasteiger partial charge in [0, 0.05) is 12.1 Å². The lowest BCUT2D eigenvalue weighted by Crippen LogP contribution is -2.35. The van der Waals surface area contributed by atoms with Crippen LogP contribution in [-0.2, 0) is 4.79 Å². The van der Waals surface area contributed by atoms with Crippen molar-refractivity contribution in [3.8, 4) is 11.5 Å². The molecular weight excluding hydrogens is 256 g/mol. The maximum atomic E-state index is 11.8. The molecule has 1 aromatic rings. The molecule has 0 spiro atoms. The smallest absolute Gasteiger partial charge is 0.241 e. The molecule has 0 bridgehead atoms. The first kappa shape index (κ1) is 13.0. The lowest BCUT2D eigenvalue weighted by molar-refractivity contribution is -0.117. The molecule has 18 heavy (non-hydrogen) atoms. The average Bonchev–Trinajstić information content (AvgIpc) is 2.76. The molecule has 98 valence electrons. The van der Waals surface area contributed by atoms with E-state index in [1.165, 1.54) is 0 Å². The number of benzene rings is 1. The lowest BCUT2D eigenvalue weighted by Gasteiger charge is -2.12. The van der Waals surface area contributed by atoms with Crippen molar-refractivity contribution in [1.29, 1.82) is 0 Å². The van der Waals surface area contributed by atoms with Crippen LogP contribution in [-0.4, -0.2) is 18.7 Å². The highest BCUT2D eigenvalue weighted by atomic mass is 35.5. The minimum atomic E-state index is -0.531. The number of ether oxygens (including phenoxy) is 2. The van der Waals surface area contributed by atoms with Crippen molar-refractivity contribution in [2.75, 3.05) is 12.1 Å². The number of halogens is 1. The van der Waals surface area contributed by atoms with E-state index < -0.39 is 6.04 Å². The fourth-order valence-corrected chi connectivity index (χ4v) is 1.88. The van der Waals surface area contributed by atoms with Crippen molar-refractivity contribution in [3.05, 3.63) is 17.2 Å². The van der Waals surface area contributed by atoms with Crippen LogP contribution in [0.4, 0.5) is 5.69 Å². The van der Waals surface area contributed by atoms with E-state index in [9.17, 15) is 4.79 Å². The molecule has 0 fully saturated rings. The van der Waals surface area contributed by atoms with Crippen molar-refractivity contribution < 1.29 is 14.3 Å². The van der Waals surface area contributed by atoms with Gasteiger partial charge in [-0.25, -0.2) is 0 Å². The Labute approximate surface area is 110 Å². The number of nitrogens with one attached hydrogen (secondary N) is 1.